The van der Waals surface area contributed by atoms with E-state index in [0.29, 0.717) is 22.2 Å². The number of anilines is 1. The SMILES string of the molecule is Cc1cc(C)c2oc(-c3ccc(C)c(NC(=O)c4ccccc4Cl)c3)nc2c1. The molecule has 0 spiro atoms. The molecule has 0 atom stereocenters. The van der Waals surface area contributed by atoms with Crippen molar-refractivity contribution < 1.29 is 9.21 Å². The third-order valence-corrected chi connectivity index (χ3v) is 5.00. The molecular formula is C23H19ClN2O2. The van der Waals surface area contributed by atoms with Gasteiger partial charge in [0, 0.05) is 11.3 Å². The molecule has 0 fully saturated rings. The molecule has 140 valence electrons. The molecule has 4 rings (SSSR count). The largest absolute Gasteiger partial charge is 0.436 e. The highest BCUT2D eigenvalue weighted by atomic mass is 35.5. The molecule has 5 heteroatoms. The number of hydrogen-bond donors (Lipinski definition) is 1. The van der Waals surface area contributed by atoms with Crippen LogP contribution in [0.2, 0.25) is 5.02 Å². The van der Waals surface area contributed by atoms with Gasteiger partial charge in [-0.15, -0.1) is 0 Å². The number of nitrogens with zero attached hydrogens (tertiary/aromatic N) is 1. The number of aryl methyl sites for hydroxylation is 3. The summed E-state index contributed by atoms with van der Waals surface area (Å²) < 4.78 is 6.00. The maximum Gasteiger partial charge on any atom is 0.257 e. The minimum Gasteiger partial charge on any atom is -0.436 e. The van der Waals surface area contributed by atoms with Gasteiger partial charge < -0.3 is 9.73 Å². The molecule has 0 saturated carbocycles. The van der Waals surface area contributed by atoms with Crippen LogP contribution in [0.5, 0.6) is 0 Å². The lowest BCUT2D eigenvalue weighted by atomic mass is 10.1. The molecule has 1 N–H and O–H groups in total. The number of aromatic nitrogens is 1. The first-order valence-corrected chi connectivity index (χ1v) is 9.35. The molecule has 0 saturated heterocycles. The maximum atomic E-state index is 12.6. The van der Waals surface area contributed by atoms with E-state index in [1.54, 1.807) is 24.3 Å². The Morgan fingerprint density at radius 1 is 1.00 bits per heavy atom. The van der Waals surface area contributed by atoms with Crippen molar-refractivity contribution in [3.05, 3.63) is 81.9 Å². The Morgan fingerprint density at radius 2 is 1.79 bits per heavy atom. The predicted octanol–water partition coefficient (Wildman–Crippen LogP) is 6.33. The molecule has 3 aromatic carbocycles. The van der Waals surface area contributed by atoms with Crippen LogP contribution in [-0.2, 0) is 0 Å². The molecule has 1 aromatic heterocycles. The highest BCUT2D eigenvalue weighted by Crippen LogP contribution is 2.30. The van der Waals surface area contributed by atoms with Crippen LogP contribution >= 0.6 is 11.6 Å². The van der Waals surface area contributed by atoms with Gasteiger partial charge in [0.2, 0.25) is 5.89 Å². The van der Waals surface area contributed by atoms with Crippen molar-refractivity contribution in [1.82, 2.24) is 4.98 Å². The summed E-state index contributed by atoms with van der Waals surface area (Å²) in [6.45, 7) is 5.98. The van der Waals surface area contributed by atoms with E-state index in [2.05, 4.69) is 16.4 Å². The van der Waals surface area contributed by atoms with Crippen molar-refractivity contribution in [1.29, 1.82) is 0 Å². The molecule has 1 heterocycles. The number of rotatable bonds is 3. The zero-order valence-corrected chi connectivity index (χ0v) is 16.6. The zero-order chi connectivity index (χ0) is 19.8. The van der Waals surface area contributed by atoms with Gasteiger partial charge in [-0.25, -0.2) is 4.98 Å². The summed E-state index contributed by atoms with van der Waals surface area (Å²) in [7, 11) is 0. The van der Waals surface area contributed by atoms with Crippen molar-refractivity contribution >= 4 is 34.3 Å². The second-order valence-electron chi connectivity index (χ2n) is 6.91. The van der Waals surface area contributed by atoms with Gasteiger partial charge in [0.1, 0.15) is 5.52 Å². The van der Waals surface area contributed by atoms with Crippen molar-refractivity contribution in [3.8, 4) is 11.5 Å². The van der Waals surface area contributed by atoms with Gasteiger partial charge in [0.15, 0.2) is 5.58 Å². The lowest BCUT2D eigenvalue weighted by Crippen LogP contribution is -2.13. The van der Waals surface area contributed by atoms with Crippen molar-refractivity contribution in [2.75, 3.05) is 5.32 Å². The van der Waals surface area contributed by atoms with E-state index in [-0.39, 0.29) is 5.91 Å². The van der Waals surface area contributed by atoms with E-state index in [1.165, 1.54) is 0 Å². The van der Waals surface area contributed by atoms with Crippen LogP contribution in [-0.4, -0.2) is 10.9 Å². The molecular weight excluding hydrogens is 372 g/mol. The number of carbonyl (C=O) groups is 1. The van der Waals surface area contributed by atoms with Crippen molar-refractivity contribution in [2.45, 2.75) is 20.8 Å². The van der Waals surface area contributed by atoms with E-state index < -0.39 is 0 Å². The molecule has 4 nitrogen and oxygen atoms in total. The van der Waals surface area contributed by atoms with E-state index in [9.17, 15) is 4.79 Å². The molecule has 0 bridgehead atoms. The number of carbonyl (C=O) groups excluding carboxylic acids is 1. The summed E-state index contributed by atoms with van der Waals surface area (Å²) in [5, 5.41) is 3.35. The smallest absolute Gasteiger partial charge is 0.257 e. The number of nitrogens with one attached hydrogen (secondary N) is 1. The Kier molecular flexibility index (Phi) is 4.65. The molecule has 28 heavy (non-hydrogen) atoms. The van der Waals surface area contributed by atoms with Crippen LogP contribution in [0.25, 0.3) is 22.6 Å². The maximum absolute atomic E-state index is 12.6. The molecule has 4 aromatic rings. The first-order chi connectivity index (χ1) is 13.4. The minimum atomic E-state index is -0.255. The fraction of sp³-hybridized carbons (Fsp3) is 0.130. The summed E-state index contributed by atoms with van der Waals surface area (Å²) in [5.74, 6) is 0.270. The topological polar surface area (TPSA) is 55.1 Å². The standard InChI is InChI=1S/C23H19ClN2O2/c1-13-10-15(3)21-20(11-13)26-23(28-21)16-9-8-14(2)19(12-16)25-22(27)17-6-4-5-7-18(17)24/h4-12H,1-3H3,(H,25,27). The Bertz CT molecular complexity index is 1210. The average molecular weight is 391 g/mol. The van der Waals surface area contributed by atoms with E-state index in [4.69, 9.17) is 16.0 Å². The number of hydrogen-bond acceptors (Lipinski definition) is 3. The van der Waals surface area contributed by atoms with Gasteiger partial charge in [-0.2, -0.15) is 0 Å². The van der Waals surface area contributed by atoms with Gasteiger partial charge in [-0.05, 0) is 67.8 Å². The lowest BCUT2D eigenvalue weighted by Gasteiger charge is -2.10. The second kappa shape index (κ2) is 7.13. The van der Waals surface area contributed by atoms with E-state index in [0.717, 1.165) is 33.4 Å². The predicted molar refractivity (Wildman–Crippen MR) is 113 cm³/mol. The number of halogens is 1. The van der Waals surface area contributed by atoms with Crippen LogP contribution in [0.15, 0.2) is 59.0 Å². The van der Waals surface area contributed by atoms with Crippen LogP contribution in [0.3, 0.4) is 0 Å². The number of oxazole rings is 1. The van der Waals surface area contributed by atoms with Gasteiger partial charge in [0.05, 0.1) is 10.6 Å². The fourth-order valence-electron chi connectivity index (χ4n) is 3.22. The lowest BCUT2D eigenvalue weighted by molar-refractivity contribution is 0.102. The van der Waals surface area contributed by atoms with Crippen molar-refractivity contribution in [2.24, 2.45) is 0 Å². The van der Waals surface area contributed by atoms with Crippen LogP contribution in [0, 0.1) is 20.8 Å². The first-order valence-electron chi connectivity index (χ1n) is 8.97. The summed E-state index contributed by atoms with van der Waals surface area (Å²) in [5.41, 5.74) is 6.66. The van der Waals surface area contributed by atoms with Gasteiger partial charge in [0.25, 0.3) is 5.91 Å². The summed E-state index contributed by atoms with van der Waals surface area (Å²) in [4.78, 5) is 17.2. The summed E-state index contributed by atoms with van der Waals surface area (Å²) in [6, 6.07) is 16.8. The quantitative estimate of drug-likeness (QED) is 0.445. The molecule has 0 aliphatic carbocycles. The Hall–Kier alpha value is -3.11. The molecule has 1 amide bonds. The number of fused-ring (bicyclic) bond motifs is 1. The molecule has 0 radical (unpaired) electrons. The number of benzene rings is 3. The van der Waals surface area contributed by atoms with Crippen LogP contribution < -0.4 is 5.32 Å². The molecule has 0 aliphatic rings. The second-order valence-corrected chi connectivity index (χ2v) is 7.32. The zero-order valence-electron chi connectivity index (χ0n) is 15.8. The Labute approximate surface area is 168 Å². The summed E-state index contributed by atoms with van der Waals surface area (Å²) >= 11 is 6.14. The monoisotopic (exact) mass is 390 g/mol. The Balaban J connectivity index is 1.71. The normalized spacial score (nSPS) is 11.0. The molecule has 0 unspecified atom stereocenters. The highest BCUT2D eigenvalue weighted by Gasteiger charge is 2.15. The van der Waals surface area contributed by atoms with Gasteiger partial charge >= 0.3 is 0 Å². The third-order valence-electron chi connectivity index (χ3n) is 4.67. The first kappa shape index (κ1) is 18.3. The van der Waals surface area contributed by atoms with Gasteiger partial charge in [-0.3, -0.25) is 4.79 Å². The molecule has 0 aliphatic heterocycles. The van der Waals surface area contributed by atoms with Crippen LogP contribution in [0.4, 0.5) is 5.69 Å². The Morgan fingerprint density at radius 3 is 2.57 bits per heavy atom. The van der Waals surface area contributed by atoms with E-state index >= 15 is 0 Å². The minimum absolute atomic E-state index is 0.255. The van der Waals surface area contributed by atoms with Gasteiger partial charge in [-0.1, -0.05) is 35.9 Å². The number of amides is 1. The third kappa shape index (κ3) is 3.39. The average Bonchev–Trinajstić information content (AvgIpc) is 3.08. The summed E-state index contributed by atoms with van der Waals surface area (Å²) in [6.07, 6.45) is 0. The highest BCUT2D eigenvalue weighted by molar-refractivity contribution is 6.34. The van der Waals surface area contributed by atoms with Crippen LogP contribution in [0.1, 0.15) is 27.0 Å². The van der Waals surface area contributed by atoms with Crippen molar-refractivity contribution in [3.63, 3.8) is 0 Å². The van der Waals surface area contributed by atoms with E-state index in [1.807, 2.05) is 45.0 Å². The fourth-order valence-corrected chi connectivity index (χ4v) is 3.45.